The molecule has 1 heterocycles. The molecule has 6 nitrogen and oxygen atoms in total. The fraction of sp³-hybridized carbons (Fsp3) is 0.429. The Morgan fingerprint density at radius 3 is 2.46 bits per heavy atom. The van der Waals surface area contributed by atoms with E-state index in [-0.39, 0.29) is 18.6 Å². The molecule has 0 aromatic heterocycles. The first-order valence-corrected chi connectivity index (χ1v) is 11.0. The Morgan fingerprint density at radius 2 is 1.82 bits per heavy atom. The van der Waals surface area contributed by atoms with Crippen molar-refractivity contribution < 1.29 is 18.0 Å². The van der Waals surface area contributed by atoms with Gasteiger partial charge >= 0.3 is 0 Å². The second-order valence-corrected chi connectivity index (χ2v) is 9.44. The van der Waals surface area contributed by atoms with Gasteiger partial charge in [-0.2, -0.15) is 5.06 Å². The van der Waals surface area contributed by atoms with Gasteiger partial charge in [-0.15, -0.1) is 0 Å². The van der Waals surface area contributed by atoms with Crippen LogP contribution in [-0.2, 0) is 21.5 Å². The van der Waals surface area contributed by atoms with Gasteiger partial charge in [-0.1, -0.05) is 56.3 Å². The van der Waals surface area contributed by atoms with Crippen LogP contribution in [-0.4, -0.2) is 38.9 Å². The van der Waals surface area contributed by atoms with Gasteiger partial charge in [0.25, 0.3) is 0 Å². The van der Waals surface area contributed by atoms with Crippen LogP contribution in [0.25, 0.3) is 0 Å². The topological polar surface area (TPSA) is 67.9 Å². The fourth-order valence-corrected chi connectivity index (χ4v) is 4.86. The molecular formula is C21H28N2O4S. The highest BCUT2D eigenvalue weighted by molar-refractivity contribution is 7.90. The molecule has 152 valence electrons. The number of nitrogens with zero attached hydrogens (tertiary/aromatic N) is 1. The molecule has 1 aliphatic rings. The average Bonchev–Trinajstić information content (AvgIpc) is 3.08. The van der Waals surface area contributed by atoms with E-state index in [9.17, 15) is 8.42 Å². The van der Waals surface area contributed by atoms with Crippen molar-refractivity contribution in [3.63, 3.8) is 0 Å². The second-order valence-electron chi connectivity index (χ2n) is 7.46. The van der Waals surface area contributed by atoms with Crippen LogP contribution in [0.1, 0.15) is 31.0 Å². The van der Waals surface area contributed by atoms with E-state index in [1.807, 2.05) is 68.4 Å². The third-order valence-electron chi connectivity index (χ3n) is 4.75. The van der Waals surface area contributed by atoms with Gasteiger partial charge in [0.15, 0.2) is 0 Å². The van der Waals surface area contributed by atoms with Crippen LogP contribution < -0.4 is 9.46 Å². The van der Waals surface area contributed by atoms with Crippen LogP contribution in [0, 0.1) is 5.92 Å². The summed E-state index contributed by atoms with van der Waals surface area (Å²) in [6.45, 7) is 5.00. The van der Waals surface area contributed by atoms with Gasteiger partial charge < -0.3 is 4.74 Å². The highest BCUT2D eigenvalue weighted by Crippen LogP contribution is 2.34. The Hall–Kier alpha value is -1.93. The van der Waals surface area contributed by atoms with Crippen LogP contribution >= 0.6 is 0 Å². The Kier molecular flexibility index (Phi) is 6.72. The summed E-state index contributed by atoms with van der Waals surface area (Å²) < 4.78 is 34.0. The molecule has 2 aromatic carbocycles. The van der Waals surface area contributed by atoms with Crippen molar-refractivity contribution >= 4 is 10.0 Å². The molecule has 0 aliphatic carbocycles. The monoisotopic (exact) mass is 404 g/mol. The lowest BCUT2D eigenvalue weighted by atomic mass is 10.0. The summed E-state index contributed by atoms with van der Waals surface area (Å²) in [5.74, 6) is 0.987. The Balaban J connectivity index is 1.70. The van der Waals surface area contributed by atoms with Crippen molar-refractivity contribution in [3.05, 3.63) is 65.7 Å². The fourth-order valence-electron chi connectivity index (χ4n) is 3.17. The molecule has 1 saturated heterocycles. The Bertz CT molecular complexity index is 854. The van der Waals surface area contributed by atoms with Crippen LogP contribution in [0.4, 0.5) is 0 Å². The maximum absolute atomic E-state index is 12.8. The van der Waals surface area contributed by atoms with E-state index in [1.54, 1.807) is 12.1 Å². The minimum Gasteiger partial charge on any atom is -0.489 e. The minimum atomic E-state index is -3.49. The summed E-state index contributed by atoms with van der Waals surface area (Å²) in [4.78, 5) is 5.54. The number of hydrogen-bond donors (Lipinski definition) is 1. The molecule has 1 fully saturated rings. The van der Waals surface area contributed by atoms with Gasteiger partial charge in [0.1, 0.15) is 17.6 Å². The molecule has 1 aliphatic heterocycles. The molecule has 0 saturated carbocycles. The van der Waals surface area contributed by atoms with Crippen molar-refractivity contribution in [1.82, 2.24) is 9.79 Å². The zero-order valence-electron chi connectivity index (χ0n) is 16.5. The lowest BCUT2D eigenvalue weighted by Gasteiger charge is -2.23. The SMILES string of the molecule is CC(C)CNS(=O)(=O)C1CON(C)C1c1ccc(OCc2ccccc2)cc1. The van der Waals surface area contributed by atoms with Crippen molar-refractivity contribution in [2.75, 3.05) is 20.2 Å². The summed E-state index contributed by atoms with van der Waals surface area (Å²) >= 11 is 0. The highest BCUT2D eigenvalue weighted by Gasteiger charge is 2.43. The van der Waals surface area contributed by atoms with Crippen LogP contribution in [0.5, 0.6) is 5.75 Å². The second kappa shape index (κ2) is 9.05. The predicted molar refractivity (Wildman–Crippen MR) is 109 cm³/mol. The number of hydroxylamine groups is 2. The van der Waals surface area contributed by atoms with Crippen molar-refractivity contribution in [2.45, 2.75) is 31.7 Å². The summed E-state index contributed by atoms with van der Waals surface area (Å²) in [5, 5.41) is 0.964. The first-order valence-electron chi connectivity index (χ1n) is 9.47. The van der Waals surface area contributed by atoms with Crippen molar-refractivity contribution in [2.24, 2.45) is 5.92 Å². The minimum absolute atomic E-state index is 0.140. The highest BCUT2D eigenvalue weighted by atomic mass is 32.2. The van der Waals surface area contributed by atoms with E-state index in [4.69, 9.17) is 9.57 Å². The molecule has 2 unspecified atom stereocenters. The third kappa shape index (κ3) is 5.11. The van der Waals surface area contributed by atoms with E-state index >= 15 is 0 Å². The number of sulfonamides is 1. The Morgan fingerprint density at radius 1 is 1.14 bits per heavy atom. The molecule has 0 radical (unpaired) electrons. The first-order chi connectivity index (χ1) is 13.4. The van der Waals surface area contributed by atoms with Crippen LogP contribution in [0.15, 0.2) is 54.6 Å². The summed E-state index contributed by atoms with van der Waals surface area (Å²) in [6.07, 6.45) is 0. The lowest BCUT2D eigenvalue weighted by Crippen LogP contribution is -2.40. The van der Waals surface area contributed by atoms with E-state index in [0.717, 1.165) is 16.9 Å². The van der Waals surface area contributed by atoms with Gasteiger partial charge in [0.05, 0.1) is 12.6 Å². The van der Waals surface area contributed by atoms with Gasteiger partial charge in [0, 0.05) is 13.6 Å². The standard InChI is InChI=1S/C21H28N2O4S/c1-16(2)13-22-28(24,25)20-15-27-23(3)21(20)18-9-11-19(12-10-18)26-14-17-7-5-4-6-8-17/h4-12,16,20-22H,13-15H2,1-3H3. The molecule has 2 aromatic rings. The van der Waals surface area contributed by atoms with Crippen LogP contribution in [0.3, 0.4) is 0 Å². The molecule has 7 heteroatoms. The maximum Gasteiger partial charge on any atom is 0.218 e. The Labute approximate surface area is 167 Å². The van der Waals surface area contributed by atoms with Crippen LogP contribution in [0.2, 0.25) is 0 Å². The molecule has 0 amide bonds. The van der Waals surface area contributed by atoms with E-state index < -0.39 is 15.3 Å². The molecular weight excluding hydrogens is 376 g/mol. The molecule has 3 rings (SSSR count). The van der Waals surface area contributed by atoms with Gasteiger partial charge in [-0.05, 0) is 29.2 Å². The van der Waals surface area contributed by atoms with Gasteiger partial charge in [0.2, 0.25) is 10.0 Å². The number of ether oxygens (including phenoxy) is 1. The lowest BCUT2D eigenvalue weighted by molar-refractivity contribution is -0.110. The van der Waals surface area contributed by atoms with Crippen molar-refractivity contribution in [1.29, 1.82) is 0 Å². The average molecular weight is 405 g/mol. The normalized spacial score (nSPS) is 20.6. The molecule has 1 N–H and O–H groups in total. The largest absolute Gasteiger partial charge is 0.489 e. The molecule has 0 bridgehead atoms. The molecule has 28 heavy (non-hydrogen) atoms. The van der Waals surface area contributed by atoms with E-state index in [0.29, 0.717) is 13.2 Å². The van der Waals surface area contributed by atoms with E-state index in [2.05, 4.69) is 4.72 Å². The zero-order valence-corrected chi connectivity index (χ0v) is 17.4. The van der Waals surface area contributed by atoms with Gasteiger partial charge in [-0.25, -0.2) is 13.1 Å². The van der Waals surface area contributed by atoms with E-state index in [1.165, 1.54) is 0 Å². The molecule has 0 spiro atoms. The molecule has 2 atom stereocenters. The zero-order chi connectivity index (χ0) is 20.1. The first kappa shape index (κ1) is 20.8. The van der Waals surface area contributed by atoms with Crippen molar-refractivity contribution in [3.8, 4) is 5.75 Å². The maximum atomic E-state index is 12.8. The quantitative estimate of drug-likeness (QED) is 0.732. The number of benzene rings is 2. The predicted octanol–water partition coefficient (Wildman–Crippen LogP) is 3.13. The smallest absolute Gasteiger partial charge is 0.218 e. The number of nitrogens with one attached hydrogen (secondary N) is 1. The number of hydrogen-bond acceptors (Lipinski definition) is 5. The summed E-state index contributed by atoms with van der Waals surface area (Å²) in [7, 11) is -1.72. The number of rotatable bonds is 8. The summed E-state index contributed by atoms with van der Waals surface area (Å²) in [6, 6.07) is 17.1. The third-order valence-corrected chi connectivity index (χ3v) is 6.51. The summed E-state index contributed by atoms with van der Waals surface area (Å²) in [5.41, 5.74) is 1.98. The van der Waals surface area contributed by atoms with Gasteiger partial charge in [-0.3, -0.25) is 4.84 Å².